The molecule has 0 aliphatic carbocycles. The van der Waals surface area contributed by atoms with Crippen molar-refractivity contribution in [1.82, 2.24) is 5.32 Å². The first-order chi connectivity index (χ1) is 7.75. The minimum atomic E-state index is -0.297. The van der Waals surface area contributed by atoms with Crippen LogP contribution in [0.1, 0.15) is 18.4 Å². The Labute approximate surface area is 99.2 Å². The molecule has 88 valence electrons. The van der Waals surface area contributed by atoms with Gasteiger partial charge in [-0.2, -0.15) is 11.8 Å². The van der Waals surface area contributed by atoms with Gasteiger partial charge in [0.2, 0.25) is 0 Å². The summed E-state index contributed by atoms with van der Waals surface area (Å²) in [5, 5.41) is 12.9. The van der Waals surface area contributed by atoms with Gasteiger partial charge in [-0.3, -0.25) is 0 Å². The standard InChI is InChI=1S/C12H16FNOS/c13-10-1-2-12(15)9(7-10)8-14-11-3-5-16-6-4-11/h1-2,7,11,14-15H,3-6,8H2. The fraction of sp³-hybridized carbons (Fsp3) is 0.500. The number of halogens is 1. The van der Waals surface area contributed by atoms with E-state index in [2.05, 4.69) is 5.32 Å². The summed E-state index contributed by atoms with van der Waals surface area (Å²) in [5.41, 5.74) is 0.637. The fourth-order valence-corrected chi connectivity index (χ4v) is 2.96. The van der Waals surface area contributed by atoms with Crippen molar-refractivity contribution in [3.8, 4) is 5.75 Å². The molecule has 0 amide bonds. The van der Waals surface area contributed by atoms with Gasteiger partial charge >= 0.3 is 0 Å². The van der Waals surface area contributed by atoms with Gasteiger partial charge < -0.3 is 10.4 Å². The Hall–Kier alpha value is -0.740. The second-order valence-corrected chi connectivity index (χ2v) is 5.27. The average molecular weight is 241 g/mol. The van der Waals surface area contributed by atoms with Crippen molar-refractivity contribution < 1.29 is 9.50 Å². The number of phenolic OH excluding ortho intramolecular Hbond substituents is 1. The lowest BCUT2D eigenvalue weighted by Crippen LogP contribution is -2.32. The van der Waals surface area contributed by atoms with E-state index < -0.39 is 0 Å². The Bertz CT molecular complexity index is 353. The summed E-state index contributed by atoms with van der Waals surface area (Å²) >= 11 is 1.98. The van der Waals surface area contributed by atoms with Crippen LogP contribution in [0.5, 0.6) is 5.75 Å². The van der Waals surface area contributed by atoms with Crippen LogP contribution in [0.25, 0.3) is 0 Å². The Morgan fingerprint density at radius 2 is 2.12 bits per heavy atom. The normalized spacial score (nSPS) is 17.6. The molecule has 1 aromatic carbocycles. The van der Waals surface area contributed by atoms with Crippen molar-refractivity contribution in [2.24, 2.45) is 0 Å². The van der Waals surface area contributed by atoms with E-state index in [1.807, 2.05) is 11.8 Å². The molecule has 2 nitrogen and oxygen atoms in total. The second kappa shape index (κ2) is 5.55. The highest BCUT2D eigenvalue weighted by molar-refractivity contribution is 7.99. The van der Waals surface area contributed by atoms with Crippen LogP contribution < -0.4 is 5.32 Å². The van der Waals surface area contributed by atoms with Crippen LogP contribution in [0.2, 0.25) is 0 Å². The minimum Gasteiger partial charge on any atom is -0.508 e. The van der Waals surface area contributed by atoms with Gasteiger partial charge in [-0.05, 0) is 42.5 Å². The maximum absolute atomic E-state index is 13.0. The highest BCUT2D eigenvalue weighted by Crippen LogP contribution is 2.20. The maximum atomic E-state index is 13.0. The van der Waals surface area contributed by atoms with Gasteiger partial charge in [-0.15, -0.1) is 0 Å². The second-order valence-electron chi connectivity index (χ2n) is 4.04. The number of hydrogen-bond acceptors (Lipinski definition) is 3. The highest BCUT2D eigenvalue weighted by Gasteiger charge is 2.13. The molecule has 4 heteroatoms. The lowest BCUT2D eigenvalue weighted by Gasteiger charge is -2.22. The average Bonchev–Trinajstić information content (AvgIpc) is 2.32. The molecule has 0 atom stereocenters. The molecule has 1 aliphatic heterocycles. The van der Waals surface area contributed by atoms with Gasteiger partial charge in [-0.25, -0.2) is 4.39 Å². The molecule has 0 aromatic heterocycles. The van der Waals surface area contributed by atoms with E-state index in [1.54, 1.807) is 0 Å². The molecule has 0 saturated carbocycles. The highest BCUT2D eigenvalue weighted by atomic mass is 32.2. The molecule has 1 fully saturated rings. The van der Waals surface area contributed by atoms with E-state index in [0.29, 0.717) is 18.2 Å². The first kappa shape index (κ1) is 11.7. The summed E-state index contributed by atoms with van der Waals surface area (Å²) in [7, 11) is 0. The number of benzene rings is 1. The SMILES string of the molecule is Oc1ccc(F)cc1CNC1CCSCC1. The van der Waals surface area contributed by atoms with E-state index in [1.165, 1.54) is 29.7 Å². The van der Waals surface area contributed by atoms with Crippen molar-refractivity contribution in [2.75, 3.05) is 11.5 Å². The smallest absolute Gasteiger partial charge is 0.123 e. The van der Waals surface area contributed by atoms with Gasteiger partial charge in [0, 0.05) is 18.2 Å². The molecule has 1 saturated heterocycles. The van der Waals surface area contributed by atoms with Crippen LogP contribution in [0.3, 0.4) is 0 Å². The lowest BCUT2D eigenvalue weighted by molar-refractivity contribution is 0.444. The molecule has 16 heavy (non-hydrogen) atoms. The van der Waals surface area contributed by atoms with Crippen LogP contribution >= 0.6 is 11.8 Å². The Kier molecular flexibility index (Phi) is 4.07. The first-order valence-electron chi connectivity index (χ1n) is 5.54. The Balaban J connectivity index is 1.90. The van der Waals surface area contributed by atoms with Crippen molar-refractivity contribution >= 4 is 11.8 Å². The summed E-state index contributed by atoms with van der Waals surface area (Å²) in [6, 6.07) is 4.57. The number of rotatable bonds is 3. The molecule has 0 radical (unpaired) electrons. The Morgan fingerprint density at radius 1 is 1.38 bits per heavy atom. The van der Waals surface area contributed by atoms with E-state index >= 15 is 0 Å². The zero-order valence-electron chi connectivity index (χ0n) is 9.08. The lowest BCUT2D eigenvalue weighted by atomic mass is 10.1. The summed E-state index contributed by atoms with van der Waals surface area (Å²) in [5.74, 6) is 2.24. The summed E-state index contributed by atoms with van der Waals surface area (Å²) in [6.45, 7) is 0.541. The molecule has 1 aromatic rings. The van der Waals surface area contributed by atoms with E-state index in [4.69, 9.17) is 0 Å². The molecule has 0 spiro atoms. The van der Waals surface area contributed by atoms with Crippen LogP contribution in [0.4, 0.5) is 4.39 Å². The number of hydrogen-bond donors (Lipinski definition) is 2. The predicted octanol–water partition coefficient (Wildman–Crippen LogP) is 2.52. The van der Waals surface area contributed by atoms with Crippen LogP contribution in [-0.2, 0) is 6.54 Å². The summed E-state index contributed by atoms with van der Waals surface area (Å²) < 4.78 is 13.0. The zero-order chi connectivity index (χ0) is 11.4. The van der Waals surface area contributed by atoms with E-state index in [0.717, 1.165) is 12.8 Å². The molecule has 0 unspecified atom stereocenters. The summed E-state index contributed by atoms with van der Waals surface area (Å²) in [6.07, 6.45) is 2.31. The van der Waals surface area contributed by atoms with Crippen molar-refractivity contribution in [3.05, 3.63) is 29.6 Å². The predicted molar refractivity (Wildman–Crippen MR) is 65.3 cm³/mol. The molecule has 1 aliphatic rings. The quantitative estimate of drug-likeness (QED) is 0.853. The number of thioether (sulfide) groups is 1. The van der Waals surface area contributed by atoms with Crippen molar-refractivity contribution in [1.29, 1.82) is 0 Å². The first-order valence-corrected chi connectivity index (χ1v) is 6.69. The number of aromatic hydroxyl groups is 1. The third-order valence-corrected chi connectivity index (χ3v) is 3.89. The number of phenols is 1. The fourth-order valence-electron chi connectivity index (χ4n) is 1.85. The Morgan fingerprint density at radius 3 is 2.88 bits per heavy atom. The monoisotopic (exact) mass is 241 g/mol. The van der Waals surface area contributed by atoms with Gasteiger partial charge in [0.25, 0.3) is 0 Å². The van der Waals surface area contributed by atoms with Crippen molar-refractivity contribution in [3.63, 3.8) is 0 Å². The van der Waals surface area contributed by atoms with Gasteiger partial charge in [0.1, 0.15) is 11.6 Å². The molecular weight excluding hydrogens is 225 g/mol. The molecule has 0 bridgehead atoms. The van der Waals surface area contributed by atoms with Crippen LogP contribution in [0.15, 0.2) is 18.2 Å². The van der Waals surface area contributed by atoms with Gasteiger partial charge in [-0.1, -0.05) is 0 Å². The van der Waals surface area contributed by atoms with Crippen LogP contribution in [-0.4, -0.2) is 22.7 Å². The zero-order valence-corrected chi connectivity index (χ0v) is 9.89. The summed E-state index contributed by atoms with van der Waals surface area (Å²) in [4.78, 5) is 0. The number of nitrogens with one attached hydrogen (secondary N) is 1. The maximum Gasteiger partial charge on any atom is 0.123 e. The third-order valence-electron chi connectivity index (χ3n) is 2.84. The van der Waals surface area contributed by atoms with E-state index in [-0.39, 0.29) is 11.6 Å². The van der Waals surface area contributed by atoms with Crippen molar-refractivity contribution in [2.45, 2.75) is 25.4 Å². The van der Waals surface area contributed by atoms with Crippen LogP contribution in [0, 0.1) is 5.82 Å². The molecular formula is C12H16FNOS. The molecule has 2 rings (SSSR count). The van der Waals surface area contributed by atoms with Gasteiger partial charge in [0.05, 0.1) is 0 Å². The molecule has 2 N–H and O–H groups in total. The topological polar surface area (TPSA) is 32.3 Å². The third kappa shape index (κ3) is 3.12. The van der Waals surface area contributed by atoms with Gasteiger partial charge in [0.15, 0.2) is 0 Å². The minimum absolute atomic E-state index is 0.166. The van der Waals surface area contributed by atoms with E-state index in [9.17, 15) is 9.50 Å². The largest absolute Gasteiger partial charge is 0.508 e. The molecule has 1 heterocycles.